The van der Waals surface area contributed by atoms with E-state index in [-0.39, 0.29) is 11.7 Å². The second kappa shape index (κ2) is 7.09. The molecule has 7 heteroatoms. The maximum Gasteiger partial charge on any atom is 0.234 e. The van der Waals surface area contributed by atoms with Gasteiger partial charge in [-0.3, -0.25) is 9.20 Å². The lowest BCUT2D eigenvalue weighted by Gasteiger charge is -2.13. The second-order valence-electron chi connectivity index (χ2n) is 6.25. The first kappa shape index (κ1) is 17.1. The third-order valence-electron chi connectivity index (χ3n) is 4.10. The number of hydrogen-bond acceptors (Lipinski definition) is 5. The lowest BCUT2D eigenvalue weighted by Crippen LogP contribution is -2.15. The van der Waals surface area contributed by atoms with E-state index < -0.39 is 0 Å². The molecule has 0 aliphatic heterocycles. The number of carbonyl (C=O) groups excluding carboxylic acids is 1. The minimum Gasteiger partial charge on any atom is -0.325 e. The van der Waals surface area contributed by atoms with Crippen LogP contribution in [-0.2, 0) is 4.79 Å². The summed E-state index contributed by atoms with van der Waals surface area (Å²) in [6.07, 6.45) is 0. The number of amides is 1. The number of fused-ring (bicyclic) bond motifs is 3. The second-order valence-corrected chi connectivity index (χ2v) is 8.20. The molecule has 2 heterocycles. The smallest absolute Gasteiger partial charge is 0.234 e. The van der Waals surface area contributed by atoms with E-state index in [4.69, 9.17) is 0 Å². The first-order valence-corrected chi connectivity index (χ1v) is 10.2. The van der Waals surface area contributed by atoms with Crippen LogP contribution in [0.1, 0.15) is 25.3 Å². The summed E-state index contributed by atoms with van der Waals surface area (Å²) in [5.74, 6) is 0.601. The van der Waals surface area contributed by atoms with Crippen LogP contribution in [0.5, 0.6) is 0 Å². The number of aromatic nitrogens is 3. The summed E-state index contributed by atoms with van der Waals surface area (Å²) in [6, 6.07) is 16.1. The highest BCUT2D eigenvalue weighted by atomic mass is 32.2. The van der Waals surface area contributed by atoms with Gasteiger partial charge in [-0.25, -0.2) is 0 Å². The molecule has 0 radical (unpaired) electrons. The van der Waals surface area contributed by atoms with Gasteiger partial charge in [0.15, 0.2) is 5.16 Å². The van der Waals surface area contributed by atoms with Gasteiger partial charge in [-0.2, -0.15) is 0 Å². The van der Waals surface area contributed by atoms with Crippen LogP contribution in [0.4, 0.5) is 5.69 Å². The van der Waals surface area contributed by atoms with Gasteiger partial charge in [0.25, 0.3) is 0 Å². The van der Waals surface area contributed by atoms with Crippen molar-refractivity contribution >= 4 is 49.9 Å². The average molecular weight is 383 g/mol. The normalized spacial score (nSPS) is 11.5. The monoisotopic (exact) mass is 382 g/mol. The highest BCUT2D eigenvalue weighted by Gasteiger charge is 2.15. The quantitative estimate of drug-likeness (QED) is 0.504. The van der Waals surface area contributed by atoms with Gasteiger partial charge in [0.1, 0.15) is 0 Å². The van der Waals surface area contributed by atoms with Gasteiger partial charge in [-0.05, 0) is 29.7 Å². The summed E-state index contributed by atoms with van der Waals surface area (Å²) in [5.41, 5.74) is 3.09. The number of carbonyl (C=O) groups is 1. The number of hydrogen-bond donors (Lipinski definition) is 1. The summed E-state index contributed by atoms with van der Waals surface area (Å²) in [4.78, 5) is 13.3. The standard InChI is InChI=1S/C19H18N4OS2/c1-12(2)13-7-3-4-8-14(13)20-17(24)11-25-18-21-22-19-23(18)15-9-5-6-10-16(15)26-19/h3-10,12H,11H2,1-2H3,(H,20,24). The van der Waals surface area contributed by atoms with E-state index >= 15 is 0 Å². The first-order valence-electron chi connectivity index (χ1n) is 8.37. The third kappa shape index (κ3) is 3.20. The Labute approximate surface area is 159 Å². The summed E-state index contributed by atoms with van der Waals surface area (Å²) in [5, 5.41) is 12.2. The SMILES string of the molecule is CC(C)c1ccccc1NC(=O)CSc1nnc2sc3ccccc3n12. The Morgan fingerprint density at radius 2 is 1.92 bits per heavy atom. The number of benzene rings is 2. The topological polar surface area (TPSA) is 59.3 Å². The Kier molecular flexibility index (Phi) is 4.65. The lowest BCUT2D eigenvalue weighted by molar-refractivity contribution is -0.113. The molecule has 0 unspecified atom stereocenters. The van der Waals surface area contributed by atoms with Gasteiger partial charge >= 0.3 is 0 Å². The van der Waals surface area contributed by atoms with Gasteiger partial charge in [-0.1, -0.05) is 67.3 Å². The van der Waals surface area contributed by atoms with Crippen molar-refractivity contribution in [2.75, 3.05) is 11.1 Å². The van der Waals surface area contributed by atoms with E-state index in [1.54, 1.807) is 11.3 Å². The molecule has 0 atom stereocenters. The number of para-hydroxylation sites is 2. The highest BCUT2D eigenvalue weighted by molar-refractivity contribution is 7.99. The Morgan fingerprint density at radius 3 is 2.77 bits per heavy atom. The van der Waals surface area contributed by atoms with E-state index in [1.807, 2.05) is 46.9 Å². The van der Waals surface area contributed by atoms with Crippen molar-refractivity contribution in [3.05, 3.63) is 54.1 Å². The maximum atomic E-state index is 12.4. The van der Waals surface area contributed by atoms with Gasteiger partial charge in [0.05, 0.1) is 16.0 Å². The van der Waals surface area contributed by atoms with E-state index in [0.29, 0.717) is 5.92 Å². The molecule has 4 aromatic rings. The number of thioether (sulfide) groups is 1. The van der Waals surface area contributed by atoms with Crippen LogP contribution in [0, 0.1) is 0 Å². The zero-order valence-corrected chi connectivity index (χ0v) is 16.1. The molecule has 0 bridgehead atoms. The molecule has 0 aliphatic carbocycles. The largest absolute Gasteiger partial charge is 0.325 e. The lowest BCUT2D eigenvalue weighted by atomic mass is 10.0. The molecule has 1 N–H and O–H groups in total. The van der Waals surface area contributed by atoms with Crippen LogP contribution in [0.25, 0.3) is 15.2 Å². The van der Waals surface area contributed by atoms with Crippen molar-refractivity contribution in [2.24, 2.45) is 0 Å². The number of nitrogens with zero attached hydrogens (tertiary/aromatic N) is 3. The fourth-order valence-electron chi connectivity index (χ4n) is 2.88. The number of anilines is 1. The zero-order valence-electron chi connectivity index (χ0n) is 14.5. The minimum absolute atomic E-state index is 0.0422. The van der Waals surface area contributed by atoms with Crippen LogP contribution in [0.3, 0.4) is 0 Å². The molecule has 0 aliphatic rings. The maximum absolute atomic E-state index is 12.4. The van der Waals surface area contributed by atoms with Crippen molar-refractivity contribution in [3.63, 3.8) is 0 Å². The fourth-order valence-corrected chi connectivity index (χ4v) is 4.65. The molecule has 1 amide bonds. The third-order valence-corrected chi connectivity index (χ3v) is 6.04. The van der Waals surface area contributed by atoms with E-state index in [2.05, 4.69) is 35.4 Å². The summed E-state index contributed by atoms with van der Waals surface area (Å²) >= 11 is 3.00. The van der Waals surface area contributed by atoms with E-state index in [0.717, 1.165) is 31.6 Å². The van der Waals surface area contributed by atoms with Crippen molar-refractivity contribution in [3.8, 4) is 0 Å². The Morgan fingerprint density at radius 1 is 1.15 bits per heavy atom. The van der Waals surface area contributed by atoms with Gasteiger partial charge in [0.2, 0.25) is 10.9 Å². The molecule has 132 valence electrons. The summed E-state index contributed by atoms with van der Waals surface area (Å²) < 4.78 is 3.18. The van der Waals surface area contributed by atoms with Crippen LogP contribution in [0.2, 0.25) is 0 Å². The predicted octanol–water partition coefficient (Wildman–Crippen LogP) is 4.80. The zero-order chi connectivity index (χ0) is 18.1. The molecule has 5 nitrogen and oxygen atoms in total. The number of nitrogens with one attached hydrogen (secondary N) is 1. The van der Waals surface area contributed by atoms with Gasteiger partial charge in [-0.15, -0.1) is 10.2 Å². The first-order chi connectivity index (χ1) is 12.6. The van der Waals surface area contributed by atoms with Gasteiger partial charge < -0.3 is 5.32 Å². The van der Waals surface area contributed by atoms with E-state index in [1.165, 1.54) is 11.8 Å². The molecule has 2 aromatic heterocycles. The molecule has 0 saturated heterocycles. The average Bonchev–Trinajstić information content (AvgIpc) is 3.19. The molecule has 2 aromatic carbocycles. The molecular formula is C19H18N4OS2. The molecule has 0 spiro atoms. The Bertz CT molecular complexity index is 1080. The molecule has 4 rings (SSSR count). The summed E-state index contributed by atoms with van der Waals surface area (Å²) in [6.45, 7) is 4.24. The van der Waals surface area contributed by atoms with Gasteiger partial charge in [0, 0.05) is 5.69 Å². The van der Waals surface area contributed by atoms with Crippen LogP contribution in [0.15, 0.2) is 53.7 Å². The van der Waals surface area contributed by atoms with Crippen molar-refractivity contribution in [2.45, 2.75) is 24.9 Å². The Balaban J connectivity index is 1.51. The number of rotatable bonds is 5. The van der Waals surface area contributed by atoms with Crippen LogP contribution < -0.4 is 5.32 Å². The Hall–Kier alpha value is -2.38. The minimum atomic E-state index is -0.0422. The number of thiazole rings is 1. The van der Waals surface area contributed by atoms with Crippen LogP contribution >= 0.6 is 23.1 Å². The summed E-state index contributed by atoms with van der Waals surface area (Å²) in [7, 11) is 0. The van der Waals surface area contributed by atoms with Crippen molar-refractivity contribution in [1.29, 1.82) is 0 Å². The van der Waals surface area contributed by atoms with Crippen LogP contribution in [-0.4, -0.2) is 26.3 Å². The van der Waals surface area contributed by atoms with E-state index in [9.17, 15) is 4.79 Å². The predicted molar refractivity (Wildman–Crippen MR) is 108 cm³/mol. The van der Waals surface area contributed by atoms with Crippen molar-refractivity contribution < 1.29 is 4.79 Å². The molecule has 0 saturated carbocycles. The van der Waals surface area contributed by atoms with Crippen molar-refractivity contribution in [1.82, 2.24) is 14.6 Å². The highest BCUT2D eigenvalue weighted by Crippen LogP contribution is 2.29. The molecular weight excluding hydrogens is 364 g/mol. The fraction of sp³-hybridized carbons (Fsp3) is 0.211. The molecule has 26 heavy (non-hydrogen) atoms. The molecule has 0 fully saturated rings.